The molecule has 8 heteroatoms. The molecule has 1 aliphatic heterocycles. The summed E-state index contributed by atoms with van der Waals surface area (Å²) in [6, 6.07) is 0.230. The molecule has 1 heterocycles. The van der Waals surface area contributed by atoms with E-state index in [0.29, 0.717) is 32.5 Å². The zero-order valence-corrected chi connectivity index (χ0v) is 12.4. The van der Waals surface area contributed by atoms with E-state index < -0.39 is 18.9 Å². The lowest BCUT2D eigenvalue weighted by molar-refractivity contribution is -0.174. The number of aliphatic hydroxyl groups excluding tert-OH is 1. The molecule has 0 unspecified atom stereocenters. The Balaban J connectivity index is 1.59. The molecule has 0 spiro atoms. The highest BCUT2D eigenvalue weighted by Gasteiger charge is 2.33. The van der Waals surface area contributed by atoms with Crippen molar-refractivity contribution in [3.8, 4) is 0 Å². The lowest BCUT2D eigenvalue weighted by atomic mass is 9.90. The summed E-state index contributed by atoms with van der Waals surface area (Å²) in [6.07, 6.45) is -1.98. The number of nitrogens with zero attached hydrogens (tertiary/aromatic N) is 1. The average molecular weight is 324 g/mol. The smallest absolute Gasteiger partial charge is 0.383 e. The number of halogens is 3. The number of hydrogen-bond acceptors (Lipinski definition) is 4. The largest absolute Gasteiger partial charge is 0.411 e. The van der Waals surface area contributed by atoms with Gasteiger partial charge in [-0.25, -0.2) is 0 Å². The highest BCUT2D eigenvalue weighted by Crippen LogP contribution is 2.23. The van der Waals surface area contributed by atoms with Gasteiger partial charge in [-0.2, -0.15) is 13.2 Å². The minimum atomic E-state index is -4.29. The van der Waals surface area contributed by atoms with Gasteiger partial charge in [0.1, 0.15) is 12.7 Å². The Morgan fingerprint density at radius 2 is 1.91 bits per heavy atom. The highest BCUT2D eigenvalue weighted by molar-refractivity contribution is 5.81. The molecule has 1 saturated carbocycles. The monoisotopic (exact) mass is 324 g/mol. The summed E-state index contributed by atoms with van der Waals surface area (Å²) in [7, 11) is 0. The summed E-state index contributed by atoms with van der Waals surface area (Å²) in [5.74, 6) is -0.374. The van der Waals surface area contributed by atoms with Crippen molar-refractivity contribution < 1.29 is 27.8 Å². The maximum atomic E-state index is 11.9. The van der Waals surface area contributed by atoms with E-state index in [1.165, 1.54) is 0 Å². The topological polar surface area (TPSA) is 61.8 Å². The molecule has 0 radical (unpaired) electrons. The second-order valence-electron chi connectivity index (χ2n) is 6.07. The van der Waals surface area contributed by atoms with E-state index >= 15 is 0 Å². The predicted octanol–water partition coefficient (Wildman–Crippen LogP) is 0.917. The second-order valence-corrected chi connectivity index (χ2v) is 6.07. The van der Waals surface area contributed by atoms with E-state index in [1.807, 2.05) is 4.90 Å². The van der Waals surface area contributed by atoms with Crippen LogP contribution >= 0.6 is 0 Å². The summed E-state index contributed by atoms with van der Waals surface area (Å²) in [6.45, 7) is 0.577. The summed E-state index contributed by atoms with van der Waals surface area (Å²) >= 11 is 0. The summed E-state index contributed by atoms with van der Waals surface area (Å²) < 4.78 is 40.4. The number of ether oxygens (including phenoxy) is 1. The normalized spacial score (nSPS) is 22.5. The fourth-order valence-corrected chi connectivity index (χ4v) is 2.60. The van der Waals surface area contributed by atoms with Gasteiger partial charge in [0, 0.05) is 12.6 Å². The van der Waals surface area contributed by atoms with Crippen molar-refractivity contribution in [3.63, 3.8) is 0 Å². The van der Waals surface area contributed by atoms with Gasteiger partial charge in [-0.05, 0) is 44.7 Å². The van der Waals surface area contributed by atoms with E-state index in [4.69, 9.17) is 0 Å². The first-order valence-corrected chi connectivity index (χ1v) is 7.70. The molecule has 22 heavy (non-hydrogen) atoms. The number of carbonyl (C=O) groups is 1. The first-order valence-electron chi connectivity index (χ1n) is 7.70. The highest BCUT2D eigenvalue weighted by atomic mass is 19.4. The van der Waals surface area contributed by atoms with Crippen molar-refractivity contribution in [1.29, 1.82) is 0 Å². The van der Waals surface area contributed by atoms with Crippen LogP contribution in [0.5, 0.6) is 0 Å². The van der Waals surface area contributed by atoms with E-state index in [1.54, 1.807) is 0 Å². The number of carbonyl (C=O) groups excluding carboxylic acids is 1. The van der Waals surface area contributed by atoms with Crippen LogP contribution in [0.3, 0.4) is 0 Å². The van der Waals surface area contributed by atoms with E-state index in [2.05, 4.69) is 10.1 Å². The minimum Gasteiger partial charge on any atom is -0.383 e. The predicted molar refractivity (Wildman–Crippen MR) is 73.2 cm³/mol. The first kappa shape index (κ1) is 17.5. The zero-order valence-electron chi connectivity index (χ0n) is 12.4. The number of hydrogen-bond donors (Lipinski definition) is 2. The molecule has 128 valence electrons. The van der Waals surface area contributed by atoms with E-state index in [-0.39, 0.29) is 24.5 Å². The Labute approximate surface area is 127 Å². The van der Waals surface area contributed by atoms with Crippen LogP contribution in [0.15, 0.2) is 0 Å². The molecule has 0 aromatic carbocycles. The molecular weight excluding hydrogens is 301 g/mol. The van der Waals surface area contributed by atoms with Crippen molar-refractivity contribution >= 4 is 5.91 Å². The van der Waals surface area contributed by atoms with Gasteiger partial charge in [-0.1, -0.05) is 0 Å². The molecule has 2 aliphatic rings. The maximum Gasteiger partial charge on any atom is 0.411 e. The van der Waals surface area contributed by atoms with Crippen molar-refractivity contribution in [2.75, 3.05) is 32.8 Å². The Bertz CT molecular complexity index is 367. The molecule has 0 bridgehead atoms. The van der Waals surface area contributed by atoms with Crippen LogP contribution in [0.25, 0.3) is 0 Å². The van der Waals surface area contributed by atoms with Crippen molar-refractivity contribution in [3.05, 3.63) is 0 Å². The molecule has 2 N–H and O–H groups in total. The number of aliphatic hydroxyl groups is 1. The van der Waals surface area contributed by atoms with Gasteiger partial charge in [0.05, 0.1) is 6.61 Å². The first-order chi connectivity index (χ1) is 10.3. The molecule has 0 aromatic heterocycles. The van der Waals surface area contributed by atoms with Gasteiger partial charge in [-0.15, -0.1) is 0 Å². The van der Waals surface area contributed by atoms with Crippen LogP contribution in [0.1, 0.15) is 25.7 Å². The standard InChI is InChI=1S/C14H23F3N2O3/c15-14(16,17)9-22-8-7-19-5-3-10(4-6-19)12(20)13(21)18-11-1-2-11/h10-12,20H,1-9H2,(H,18,21)/t12-/m0/s1. The maximum absolute atomic E-state index is 11.9. The average Bonchev–Trinajstić information content (AvgIpc) is 3.26. The van der Waals surface area contributed by atoms with Gasteiger partial charge in [0.2, 0.25) is 5.91 Å². The Morgan fingerprint density at radius 1 is 1.27 bits per heavy atom. The molecule has 1 aliphatic carbocycles. The Hall–Kier alpha value is -0.860. The Kier molecular flexibility index (Phi) is 6.05. The third-order valence-corrected chi connectivity index (χ3v) is 4.09. The fraction of sp³-hybridized carbons (Fsp3) is 0.929. The zero-order chi connectivity index (χ0) is 16.2. The van der Waals surface area contributed by atoms with Gasteiger partial charge in [0.15, 0.2) is 0 Å². The number of likely N-dealkylation sites (tertiary alicyclic amines) is 1. The molecule has 0 aromatic rings. The van der Waals surface area contributed by atoms with Gasteiger partial charge >= 0.3 is 6.18 Å². The van der Waals surface area contributed by atoms with Crippen LogP contribution in [-0.4, -0.2) is 67.1 Å². The van der Waals surface area contributed by atoms with E-state index in [9.17, 15) is 23.1 Å². The molecule has 1 amide bonds. The molecule has 5 nitrogen and oxygen atoms in total. The second kappa shape index (κ2) is 7.61. The van der Waals surface area contributed by atoms with Crippen LogP contribution < -0.4 is 5.32 Å². The quantitative estimate of drug-likeness (QED) is 0.684. The van der Waals surface area contributed by atoms with Crippen molar-refractivity contribution in [2.24, 2.45) is 5.92 Å². The third-order valence-electron chi connectivity index (χ3n) is 4.09. The van der Waals surface area contributed by atoms with Crippen LogP contribution in [-0.2, 0) is 9.53 Å². The molecule has 1 atom stereocenters. The third kappa shape index (κ3) is 6.10. The van der Waals surface area contributed by atoms with Crippen LogP contribution in [0, 0.1) is 5.92 Å². The van der Waals surface area contributed by atoms with Crippen molar-refractivity contribution in [1.82, 2.24) is 10.2 Å². The molecule has 2 rings (SSSR count). The summed E-state index contributed by atoms with van der Waals surface area (Å²) in [5, 5.41) is 12.8. The fourth-order valence-electron chi connectivity index (χ4n) is 2.60. The molecule has 1 saturated heterocycles. The lowest BCUT2D eigenvalue weighted by Gasteiger charge is -2.33. The lowest BCUT2D eigenvalue weighted by Crippen LogP contribution is -2.45. The minimum absolute atomic E-state index is 0.0366. The van der Waals surface area contributed by atoms with E-state index in [0.717, 1.165) is 12.8 Å². The van der Waals surface area contributed by atoms with Gasteiger partial charge in [0.25, 0.3) is 0 Å². The number of rotatable bonds is 7. The molecular formula is C14H23F3N2O3. The number of amides is 1. The summed E-state index contributed by atoms with van der Waals surface area (Å²) in [4.78, 5) is 13.8. The summed E-state index contributed by atoms with van der Waals surface area (Å²) in [5.41, 5.74) is 0. The number of nitrogens with one attached hydrogen (secondary N) is 1. The van der Waals surface area contributed by atoms with Crippen molar-refractivity contribution in [2.45, 2.75) is 44.0 Å². The molecule has 2 fully saturated rings. The van der Waals surface area contributed by atoms with Crippen LogP contribution in [0.2, 0.25) is 0 Å². The number of piperidine rings is 1. The van der Waals surface area contributed by atoms with Gasteiger partial charge < -0.3 is 20.1 Å². The SMILES string of the molecule is O=C(NC1CC1)[C@@H](O)C1CCN(CCOCC(F)(F)F)CC1. The Morgan fingerprint density at radius 3 is 2.45 bits per heavy atom. The van der Waals surface area contributed by atoms with Gasteiger partial charge in [-0.3, -0.25) is 4.79 Å². The van der Waals surface area contributed by atoms with Crippen LogP contribution in [0.4, 0.5) is 13.2 Å². The number of alkyl halides is 3.